The maximum absolute atomic E-state index is 14.1. The van der Waals surface area contributed by atoms with Crippen LogP contribution in [0.1, 0.15) is 11.1 Å². The van der Waals surface area contributed by atoms with Crippen LogP contribution >= 0.6 is 51.3 Å². The van der Waals surface area contributed by atoms with Gasteiger partial charge in [0.25, 0.3) is 0 Å². The van der Waals surface area contributed by atoms with Crippen molar-refractivity contribution in [2.45, 2.75) is 13.1 Å². The fourth-order valence-electron chi connectivity index (χ4n) is 3.03. The Kier molecular flexibility index (Phi) is 7.28. The van der Waals surface area contributed by atoms with Crippen LogP contribution in [0.2, 0.25) is 10.0 Å². The average Bonchev–Trinajstić information content (AvgIpc) is 3.33. The van der Waals surface area contributed by atoms with E-state index >= 15 is 0 Å². The molecule has 0 spiro atoms. The minimum absolute atomic E-state index is 0.148. The van der Waals surface area contributed by atoms with Crippen LogP contribution in [0.15, 0.2) is 59.3 Å². The summed E-state index contributed by atoms with van der Waals surface area (Å²) in [5.41, 5.74) is 0.681. The standard InChI is InChI=1S/C21H15BrCl2F2N6S/c22-14-11-32(10-13-16(24)4-2-6-18(13)26)30-20(14)28-21(33)27-19-7-8-31(29-19)9-12-15(23)3-1-5-17(12)25/h1-8,11H,9-10H2,(H2,27,28,29,30,33). The molecule has 0 aliphatic heterocycles. The first-order chi connectivity index (χ1) is 15.8. The second kappa shape index (κ2) is 10.2. The molecule has 12 heteroatoms. The summed E-state index contributed by atoms with van der Waals surface area (Å²) in [6, 6.07) is 10.7. The number of nitrogens with zero attached hydrogens (tertiary/aromatic N) is 4. The lowest BCUT2D eigenvalue weighted by molar-refractivity contribution is 0.586. The third kappa shape index (κ3) is 5.70. The van der Waals surface area contributed by atoms with Crippen molar-refractivity contribution in [1.82, 2.24) is 19.6 Å². The first-order valence-electron chi connectivity index (χ1n) is 9.50. The van der Waals surface area contributed by atoms with Gasteiger partial charge in [-0.2, -0.15) is 10.2 Å². The molecule has 6 nitrogen and oxygen atoms in total. The highest BCUT2D eigenvalue weighted by Crippen LogP contribution is 2.24. The van der Waals surface area contributed by atoms with Gasteiger partial charge < -0.3 is 10.6 Å². The quantitative estimate of drug-likeness (QED) is 0.265. The molecule has 0 bridgehead atoms. The summed E-state index contributed by atoms with van der Waals surface area (Å²) < 4.78 is 31.8. The second-order valence-electron chi connectivity index (χ2n) is 6.90. The molecule has 0 fully saturated rings. The number of hydrogen-bond acceptors (Lipinski definition) is 3. The first kappa shape index (κ1) is 23.6. The summed E-state index contributed by atoms with van der Waals surface area (Å²) in [6.45, 7) is 0.316. The van der Waals surface area contributed by atoms with E-state index in [-0.39, 0.29) is 18.2 Å². The number of hydrogen-bond donors (Lipinski definition) is 2. The van der Waals surface area contributed by atoms with Gasteiger partial charge in [0.1, 0.15) is 11.6 Å². The molecule has 170 valence electrons. The van der Waals surface area contributed by atoms with Crippen LogP contribution in [0.25, 0.3) is 0 Å². The first-order valence-corrected chi connectivity index (χ1v) is 11.5. The van der Waals surface area contributed by atoms with Crippen molar-refractivity contribution in [1.29, 1.82) is 0 Å². The molecular weight excluding hydrogens is 557 g/mol. The lowest BCUT2D eigenvalue weighted by atomic mass is 10.2. The number of nitrogens with one attached hydrogen (secondary N) is 2. The van der Waals surface area contributed by atoms with E-state index < -0.39 is 11.6 Å². The van der Waals surface area contributed by atoms with E-state index in [0.717, 1.165) is 0 Å². The van der Waals surface area contributed by atoms with Gasteiger partial charge in [0, 0.05) is 39.6 Å². The fourth-order valence-corrected chi connectivity index (χ4v) is 4.09. The van der Waals surface area contributed by atoms with Gasteiger partial charge >= 0.3 is 0 Å². The van der Waals surface area contributed by atoms with Crippen molar-refractivity contribution >= 4 is 68.1 Å². The van der Waals surface area contributed by atoms with Crippen LogP contribution in [0.3, 0.4) is 0 Å². The van der Waals surface area contributed by atoms with Crippen molar-refractivity contribution in [2.75, 3.05) is 10.6 Å². The van der Waals surface area contributed by atoms with Crippen molar-refractivity contribution in [3.05, 3.63) is 92.1 Å². The Balaban J connectivity index is 1.40. The molecule has 0 atom stereocenters. The number of benzene rings is 2. The Morgan fingerprint density at radius 3 is 2.12 bits per heavy atom. The second-order valence-corrected chi connectivity index (χ2v) is 8.98. The van der Waals surface area contributed by atoms with E-state index in [1.165, 1.54) is 21.5 Å². The van der Waals surface area contributed by atoms with Crippen LogP contribution in [0, 0.1) is 11.6 Å². The Hall–Kier alpha value is -2.53. The normalized spacial score (nSPS) is 10.9. The highest BCUT2D eigenvalue weighted by Gasteiger charge is 2.13. The zero-order valence-corrected chi connectivity index (χ0v) is 20.6. The molecule has 2 heterocycles. The largest absolute Gasteiger partial charge is 0.316 e. The average molecular weight is 572 g/mol. The lowest BCUT2D eigenvalue weighted by Crippen LogP contribution is -2.20. The Morgan fingerprint density at radius 1 is 0.909 bits per heavy atom. The summed E-state index contributed by atoms with van der Waals surface area (Å²) in [5, 5.41) is 15.5. The van der Waals surface area contributed by atoms with Gasteiger partial charge in [-0.05, 0) is 52.4 Å². The van der Waals surface area contributed by atoms with Crippen molar-refractivity contribution in [3.63, 3.8) is 0 Å². The highest BCUT2D eigenvalue weighted by molar-refractivity contribution is 9.10. The molecule has 0 radical (unpaired) electrons. The van der Waals surface area contributed by atoms with Gasteiger partial charge in [-0.3, -0.25) is 9.36 Å². The Bertz CT molecular complexity index is 1290. The number of anilines is 2. The predicted molar refractivity (Wildman–Crippen MR) is 133 cm³/mol. The Labute approximate surface area is 211 Å². The van der Waals surface area contributed by atoms with E-state index in [0.29, 0.717) is 37.3 Å². The molecule has 4 aromatic rings. The number of halogens is 5. The molecule has 0 saturated carbocycles. The van der Waals surface area contributed by atoms with E-state index in [9.17, 15) is 8.78 Å². The SMILES string of the molecule is Fc1cccc(Cl)c1Cn1ccc(NC(=S)Nc2nn(Cc3c(F)cccc3Cl)cc2Br)n1. The number of rotatable bonds is 6. The molecule has 2 aromatic heterocycles. The van der Waals surface area contributed by atoms with Gasteiger partial charge in [0.2, 0.25) is 0 Å². The summed E-state index contributed by atoms with van der Waals surface area (Å²) in [6.07, 6.45) is 3.36. The van der Waals surface area contributed by atoms with E-state index in [1.54, 1.807) is 42.7 Å². The summed E-state index contributed by atoms with van der Waals surface area (Å²) in [4.78, 5) is 0. The van der Waals surface area contributed by atoms with Gasteiger partial charge in [0.15, 0.2) is 16.7 Å². The topological polar surface area (TPSA) is 59.7 Å². The zero-order valence-electron chi connectivity index (χ0n) is 16.7. The molecular formula is C21H15BrCl2F2N6S. The fraction of sp³-hybridized carbons (Fsp3) is 0.0952. The van der Waals surface area contributed by atoms with E-state index in [2.05, 4.69) is 36.8 Å². The number of aromatic nitrogens is 4. The van der Waals surface area contributed by atoms with Gasteiger partial charge in [-0.25, -0.2) is 8.78 Å². The smallest absolute Gasteiger partial charge is 0.177 e. The molecule has 2 aromatic carbocycles. The van der Waals surface area contributed by atoms with Crippen molar-refractivity contribution in [2.24, 2.45) is 0 Å². The molecule has 0 amide bonds. The van der Waals surface area contributed by atoms with E-state index in [4.69, 9.17) is 35.4 Å². The molecule has 0 aliphatic rings. The summed E-state index contributed by atoms with van der Waals surface area (Å²) >= 11 is 20.9. The minimum atomic E-state index is -0.409. The molecule has 0 aliphatic carbocycles. The third-order valence-electron chi connectivity index (χ3n) is 4.59. The van der Waals surface area contributed by atoms with Crippen molar-refractivity contribution < 1.29 is 8.78 Å². The van der Waals surface area contributed by atoms with Crippen LogP contribution in [0.4, 0.5) is 20.4 Å². The molecule has 33 heavy (non-hydrogen) atoms. The van der Waals surface area contributed by atoms with Crippen LogP contribution in [0.5, 0.6) is 0 Å². The van der Waals surface area contributed by atoms with Gasteiger partial charge in [0.05, 0.1) is 17.6 Å². The summed E-state index contributed by atoms with van der Waals surface area (Å²) in [5.74, 6) is 0.0704. The molecule has 0 saturated heterocycles. The Morgan fingerprint density at radius 2 is 1.52 bits per heavy atom. The number of thiocarbonyl (C=S) groups is 1. The maximum Gasteiger partial charge on any atom is 0.177 e. The van der Waals surface area contributed by atoms with Gasteiger partial charge in [-0.15, -0.1) is 0 Å². The third-order valence-corrected chi connectivity index (χ3v) is 6.09. The van der Waals surface area contributed by atoms with E-state index in [1.807, 2.05) is 0 Å². The monoisotopic (exact) mass is 570 g/mol. The maximum atomic E-state index is 14.1. The summed E-state index contributed by atoms with van der Waals surface area (Å²) in [7, 11) is 0. The van der Waals surface area contributed by atoms with Crippen molar-refractivity contribution in [3.8, 4) is 0 Å². The van der Waals surface area contributed by atoms with Gasteiger partial charge in [-0.1, -0.05) is 35.3 Å². The molecule has 4 rings (SSSR count). The van der Waals surface area contributed by atoms with Crippen LogP contribution in [-0.4, -0.2) is 24.7 Å². The zero-order chi connectivity index (χ0) is 23.5. The highest BCUT2D eigenvalue weighted by atomic mass is 79.9. The van der Waals surface area contributed by atoms with Crippen LogP contribution in [-0.2, 0) is 13.1 Å². The van der Waals surface area contributed by atoms with Crippen LogP contribution < -0.4 is 10.6 Å². The lowest BCUT2D eigenvalue weighted by Gasteiger charge is -2.08. The predicted octanol–water partition coefficient (Wildman–Crippen LogP) is 6.33. The molecule has 2 N–H and O–H groups in total. The minimum Gasteiger partial charge on any atom is -0.316 e. The molecule has 0 unspecified atom stereocenters.